The van der Waals surface area contributed by atoms with Gasteiger partial charge in [0.1, 0.15) is 0 Å². The third-order valence-corrected chi connectivity index (χ3v) is 4.33. The van der Waals surface area contributed by atoms with Gasteiger partial charge in [-0.2, -0.15) is 0 Å². The molecule has 6 heteroatoms. The van der Waals surface area contributed by atoms with E-state index in [9.17, 15) is 19.8 Å². The molecule has 0 radical (unpaired) electrons. The van der Waals surface area contributed by atoms with Crippen molar-refractivity contribution in [1.29, 1.82) is 0 Å². The van der Waals surface area contributed by atoms with Crippen molar-refractivity contribution in [3.63, 3.8) is 0 Å². The summed E-state index contributed by atoms with van der Waals surface area (Å²) < 4.78 is 9.42. The van der Waals surface area contributed by atoms with Crippen molar-refractivity contribution in [3.05, 3.63) is 25.3 Å². The minimum atomic E-state index is -2.90. The van der Waals surface area contributed by atoms with Gasteiger partial charge in [0.15, 0.2) is 6.10 Å². The van der Waals surface area contributed by atoms with Crippen LogP contribution >= 0.6 is 0 Å². The third kappa shape index (κ3) is 13.2. The van der Waals surface area contributed by atoms with Crippen LogP contribution in [0, 0.1) is 0 Å². The number of carbonyl (C=O) groups excluding carboxylic acids is 2. The Morgan fingerprint density at radius 2 is 1.30 bits per heavy atom. The van der Waals surface area contributed by atoms with Crippen LogP contribution in [0.2, 0.25) is 0 Å². The maximum Gasteiger partial charge on any atom is 0.363 e. The second kappa shape index (κ2) is 15.4. The summed E-state index contributed by atoms with van der Waals surface area (Å²) in [6.07, 6.45) is 13.1. The summed E-state index contributed by atoms with van der Waals surface area (Å²) >= 11 is 0. The fourth-order valence-electron chi connectivity index (χ4n) is 2.76. The highest BCUT2D eigenvalue weighted by Crippen LogP contribution is 2.21. The first-order valence-electron chi connectivity index (χ1n) is 10.0. The van der Waals surface area contributed by atoms with E-state index in [0.717, 1.165) is 31.4 Å². The van der Waals surface area contributed by atoms with Crippen molar-refractivity contribution in [1.82, 2.24) is 0 Å². The van der Waals surface area contributed by atoms with E-state index in [-0.39, 0.29) is 6.42 Å². The number of ether oxygens (including phenoxy) is 2. The molecule has 0 aromatic rings. The topological polar surface area (TPSA) is 93.1 Å². The van der Waals surface area contributed by atoms with E-state index in [1.807, 2.05) is 0 Å². The lowest BCUT2D eigenvalue weighted by Crippen LogP contribution is -2.48. The van der Waals surface area contributed by atoms with Crippen LogP contribution in [0.5, 0.6) is 0 Å². The lowest BCUT2D eigenvalue weighted by Gasteiger charge is -2.29. The molecule has 0 saturated carbocycles. The second-order valence-corrected chi connectivity index (χ2v) is 6.74. The van der Waals surface area contributed by atoms with Crippen molar-refractivity contribution < 1.29 is 29.3 Å². The Hall–Kier alpha value is -1.66. The van der Waals surface area contributed by atoms with Gasteiger partial charge in [0, 0.05) is 12.2 Å². The molecule has 2 N–H and O–H groups in total. The van der Waals surface area contributed by atoms with E-state index in [2.05, 4.69) is 24.8 Å². The first-order valence-corrected chi connectivity index (χ1v) is 10.0. The fourth-order valence-corrected chi connectivity index (χ4v) is 2.76. The van der Waals surface area contributed by atoms with Gasteiger partial charge in [0.25, 0.3) is 0 Å². The van der Waals surface area contributed by atoms with Crippen LogP contribution in [0.4, 0.5) is 0 Å². The smallest absolute Gasteiger partial charge is 0.363 e. The number of esters is 2. The predicted molar refractivity (Wildman–Crippen MR) is 105 cm³/mol. The highest BCUT2D eigenvalue weighted by molar-refractivity contribution is 5.82. The van der Waals surface area contributed by atoms with Gasteiger partial charge in [-0.05, 0) is 12.8 Å². The standard InChI is InChI=1S/C21H36O6/c1-4-7-8-9-10-11-12-13-14-15-16-17-18(26-19(22)5-2)21(24,25)27-20(23)6-3/h5-6,18,24-25H,2-4,7-17H2,1H3. The van der Waals surface area contributed by atoms with Gasteiger partial charge in [0.2, 0.25) is 0 Å². The normalized spacial score (nSPS) is 12.3. The highest BCUT2D eigenvalue weighted by atomic mass is 16.8. The van der Waals surface area contributed by atoms with Gasteiger partial charge in [-0.1, -0.05) is 84.3 Å². The fraction of sp³-hybridized carbons (Fsp3) is 0.714. The average Bonchev–Trinajstić information content (AvgIpc) is 2.64. The highest BCUT2D eigenvalue weighted by Gasteiger charge is 2.41. The van der Waals surface area contributed by atoms with Gasteiger partial charge in [-0.25, -0.2) is 9.59 Å². The van der Waals surface area contributed by atoms with Crippen LogP contribution in [-0.2, 0) is 19.1 Å². The summed E-state index contributed by atoms with van der Waals surface area (Å²) in [7, 11) is 0. The summed E-state index contributed by atoms with van der Waals surface area (Å²) in [6.45, 7) is 8.68. The van der Waals surface area contributed by atoms with Crippen molar-refractivity contribution >= 4 is 11.9 Å². The number of rotatable bonds is 17. The largest absolute Gasteiger partial charge is 0.449 e. The van der Waals surface area contributed by atoms with Gasteiger partial charge in [0.05, 0.1) is 0 Å². The number of aliphatic hydroxyl groups is 2. The Morgan fingerprint density at radius 1 is 0.852 bits per heavy atom. The average molecular weight is 385 g/mol. The van der Waals surface area contributed by atoms with E-state index in [1.54, 1.807) is 0 Å². The van der Waals surface area contributed by atoms with Crippen LogP contribution < -0.4 is 0 Å². The van der Waals surface area contributed by atoms with Crippen LogP contribution in [0.1, 0.15) is 84.0 Å². The molecule has 0 aliphatic heterocycles. The summed E-state index contributed by atoms with van der Waals surface area (Å²) in [5.41, 5.74) is 0. The third-order valence-electron chi connectivity index (χ3n) is 4.33. The van der Waals surface area contributed by atoms with Gasteiger partial charge in [-0.3, -0.25) is 0 Å². The van der Waals surface area contributed by atoms with Crippen molar-refractivity contribution in [2.24, 2.45) is 0 Å². The maximum atomic E-state index is 11.4. The Labute approximate surface area is 163 Å². The van der Waals surface area contributed by atoms with E-state index < -0.39 is 24.0 Å². The lowest BCUT2D eigenvalue weighted by molar-refractivity contribution is -0.357. The molecule has 0 saturated heterocycles. The molecular weight excluding hydrogens is 348 g/mol. The Kier molecular flexibility index (Phi) is 14.5. The number of hydrogen-bond acceptors (Lipinski definition) is 6. The maximum absolute atomic E-state index is 11.4. The van der Waals surface area contributed by atoms with Crippen molar-refractivity contribution in [2.75, 3.05) is 0 Å². The van der Waals surface area contributed by atoms with Crippen LogP contribution in [0.25, 0.3) is 0 Å². The molecule has 0 amide bonds. The molecule has 6 nitrogen and oxygen atoms in total. The first kappa shape index (κ1) is 25.3. The number of carbonyl (C=O) groups is 2. The predicted octanol–water partition coefficient (Wildman–Crippen LogP) is 4.15. The minimum absolute atomic E-state index is 0.161. The quantitative estimate of drug-likeness (QED) is 0.169. The van der Waals surface area contributed by atoms with E-state index in [4.69, 9.17) is 4.74 Å². The van der Waals surface area contributed by atoms with Crippen LogP contribution in [-0.4, -0.2) is 34.2 Å². The minimum Gasteiger partial charge on any atom is -0.449 e. The van der Waals surface area contributed by atoms with E-state index in [1.165, 1.54) is 44.9 Å². The molecule has 1 unspecified atom stereocenters. The van der Waals surface area contributed by atoms with Crippen molar-refractivity contribution in [2.45, 2.75) is 96.1 Å². The zero-order chi connectivity index (χ0) is 20.5. The molecule has 0 heterocycles. The second-order valence-electron chi connectivity index (χ2n) is 6.74. The number of hydrogen-bond donors (Lipinski definition) is 2. The molecule has 1 atom stereocenters. The van der Waals surface area contributed by atoms with Crippen LogP contribution in [0.3, 0.4) is 0 Å². The van der Waals surface area contributed by atoms with Crippen LogP contribution in [0.15, 0.2) is 25.3 Å². The zero-order valence-corrected chi connectivity index (χ0v) is 16.7. The summed E-state index contributed by atoms with van der Waals surface area (Å²) in [5.74, 6) is -4.73. The molecule has 0 rings (SSSR count). The molecule has 0 fully saturated rings. The first-order chi connectivity index (χ1) is 12.9. The Bertz CT molecular complexity index is 444. The SMILES string of the molecule is C=CC(=O)OC(CCCCCCCCCCCCC)C(O)(O)OC(=O)C=C. The molecule has 0 bridgehead atoms. The summed E-state index contributed by atoms with van der Waals surface area (Å²) in [6, 6.07) is 0. The summed E-state index contributed by atoms with van der Waals surface area (Å²) in [4.78, 5) is 22.6. The molecule has 156 valence electrons. The lowest BCUT2D eigenvalue weighted by atomic mass is 10.0. The molecule has 0 aliphatic carbocycles. The number of unbranched alkanes of at least 4 members (excludes halogenated alkanes) is 10. The molecule has 0 aromatic carbocycles. The Morgan fingerprint density at radius 3 is 1.74 bits per heavy atom. The van der Waals surface area contributed by atoms with Gasteiger partial charge >= 0.3 is 17.9 Å². The van der Waals surface area contributed by atoms with Gasteiger partial charge < -0.3 is 19.7 Å². The summed E-state index contributed by atoms with van der Waals surface area (Å²) in [5, 5.41) is 19.9. The van der Waals surface area contributed by atoms with Crippen molar-refractivity contribution in [3.8, 4) is 0 Å². The molecule has 0 aromatic heterocycles. The van der Waals surface area contributed by atoms with Gasteiger partial charge in [-0.15, -0.1) is 0 Å². The zero-order valence-electron chi connectivity index (χ0n) is 16.7. The van der Waals surface area contributed by atoms with E-state index in [0.29, 0.717) is 6.42 Å². The molecule has 0 spiro atoms. The molecular formula is C21H36O6. The monoisotopic (exact) mass is 384 g/mol. The molecule has 0 aliphatic rings. The Balaban J connectivity index is 4.12. The molecule has 27 heavy (non-hydrogen) atoms. The van der Waals surface area contributed by atoms with E-state index >= 15 is 0 Å².